The Morgan fingerprint density at radius 3 is 2.61 bits per heavy atom. The van der Waals surface area contributed by atoms with Crippen molar-refractivity contribution < 1.29 is 28.8 Å². The summed E-state index contributed by atoms with van der Waals surface area (Å²) in [5.74, 6) is 0.931. The third kappa shape index (κ3) is 4.01. The maximum Gasteiger partial charge on any atom is 0.206 e. The minimum absolute atomic E-state index is 0.116. The SMILES string of the molecule is C=CCOc1ccc(C2(O)COc3c(ccc4c3C=CC(C)(C)O4)C2=O)c(OCC=C)c1Cl. The standard InChI is InChI=1S/C26H25ClO6/c1-5-13-30-20-10-8-18(23(21(20)27)31-14-6-2)26(29)15-32-22-16-11-12-25(3,4)33-19(16)9-7-17(22)24(26)28/h5-12,29H,1-2,13-15H2,3-4H3. The van der Waals surface area contributed by atoms with Gasteiger partial charge in [0.2, 0.25) is 5.78 Å². The Balaban J connectivity index is 1.78. The summed E-state index contributed by atoms with van der Waals surface area (Å²) in [6.45, 7) is 11.2. The molecule has 7 heteroatoms. The zero-order chi connectivity index (χ0) is 23.8. The third-order valence-electron chi connectivity index (χ3n) is 5.44. The summed E-state index contributed by atoms with van der Waals surface area (Å²) in [5, 5.41) is 11.7. The fraction of sp³-hybridized carbons (Fsp3) is 0.269. The van der Waals surface area contributed by atoms with Gasteiger partial charge in [0.25, 0.3) is 0 Å². The van der Waals surface area contributed by atoms with Gasteiger partial charge in [-0.25, -0.2) is 0 Å². The number of ether oxygens (including phenoxy) is 4. The highest BCUT2D eigenvalue weighted by atomic mass is 35.5. The molecule has 0 amide bonds. The first-order valence-corrected chi connectivity index (χ1v) is 10.8. The summed E-state index contributed by atoms with van der Waals surface area (Å²) >= 11 is 6.53. The van der Waals surface area contributed by atoms with Crippen molar-refractivity contribution in [1.29, 1.82) is 0 Å². The molecule has 1 atom stereocenters. The monoisotopic (exact) mass is 468 g/mol. The molecule has 1 unspecified atom stereocenters. The first-order chi connectivity index (χ1) is 15.7. The van der Waals surface area contributed by atoms with E-state index in [-0.39, 0.29) is 41.7 Å². The Hall–Kier alpha value is -3.22. The average Bonchev–Trinajstić information content (AvgIpc) is 2.78. The van der Waals surface area contributed by atoms with Crippen LogP contribution in [0, 0.1) is 0 Å². The minimum atomic E-state index is -2.02. The highest BCUT2D eigenvalue weighted by Crippen LogP contribution is 2.48. The second-order valence-electron chi connectivity index (χ2n) is 8.32. The van der Waals surface area contributed by atoms with E-state index in [2.05, 4.69) is 13.2 Å². The predicted molar refractivity (Wildman–Crippen MR) is 127 cm³/mol. The number of benzene rings is 2. The summed E-state index contributed by atoms with van der Waals surface area (Å²) < 4.78 is 23.3. The molecule has 2 aliphatic heterocycles. The Morgan fingerprint density at radius 1 is 1.15 bits per heavy atom. The maximum absolute atomic E-state index is 13.6. The second-order valence-corrected chi connectivity index (χ2v) is 8.70. The van der Waals surface area contributed by atoms with Crippen molar-refractivity contribution in [2.45, 2.75) is 25.0 Å². The van der Waals surface area contributed by atoms with Crippen LogP contribution in [0.1, 0.15) is 35.3 Å². The van der Waals surface area contributed by atoms with Gasteiger partial charge in [-0.2, -0.15) is 0 Å². The highest BCUT2D eigenvalue weighted by Gasteiger charge is 2.47. The van der Waals surface area contributed by atoms with E-state index in [0.29, 0.717) is 22.8 Å². The summed E-state index contributed by atoms with van der Waals surface area (Å²) in [4.78, 5) is 13.6. The van der Waals surface area contributed by atoms with E-state index in [4.69, 9.17) is 30.5 Å². The number of hydrogen-bond acceptors (Lipinski definition) is 6. The van der Waals surface area contributed by atoms with Crippen LogP contribution < -0.4 is 18.9 Å². The molecule has 6 nitrogen and oxygen atoms in total. The van der Waals surface area contributed by atoms with E-state index < -0.39 is 17.0 Å². The molecule has 2 aromatic rings. The van der Waals surface area contributed by atoms with E-state index in [0.717, 1.165) is 0 Å². The third-order valence-corrected chi connectivity index (χ3v) is 5.79. The highest BCUT2D eigenvalue weighted by molar-refractivity contribution is 6.33. The van der Waals surface area contributed by atoms with Crippen LogP contribution in [0.4, 0.5) is 0 Å². The smallest absolute Gasteiger partial charge is 0.206 e. The molecular formula is C26H25ClO6. The molecule has 1 N–H and O–H groups in total. The van der Waals surface area contributed by atoms with Gasteiger partial charge < -0.3 is 24.1 Å². The minimum Gasteiger partial charge on any atom is -0.488 e. The lowest BCUT2D eigenvalue weighted by molar-refractivity contribution is -0.00668. The zero-order valence-electron chi connectivity index (χ0n) is 18.5. The molecule has 4 rings (SSSR count). The number of ketones is 1. The molecule has 2 heterocycles. The van der Waals surface area contributed by atoms with Gasteiger partial charge in [0.1, 0.15) is 53.4 Å². The van der Waals surface area contributed by atoms with Crippen molar-refractivity contribution in [3.8, 4) is 23.0 Å². The number of hydrogen-bond donors (Lipinski definition) is 1. The molecule has 0 saturated carbocycles. The lowest BCUT2D eigenvalue weighted by Crippen LogP contribution is -2.45. The Kier molecular flexibility index (Phi) is 5.99. The molecule has 0 aromatic heterocycles. The zero-order valence-corrected chi connectivity index (χ0v) is 19.3. The first kappa shape index (κ1) is 23.0. The molecule has 2 aromatic carbocycles. The van der Waals surface area contributed by atoms with Crippen LogP contribution in [-0.4, -0.2) is 36.3 Å². The van der Waals surface area contributed by atoms with Gasteiger partial charge in [-0.3, -0.25) is 4.79 Å². The molecule has 0 radical (unpaired) electrons. The largest absolute Gasteiger partial charge is 0.488 e. The number of fused-ring (bicyclic) bond motifs is 3. The second kappa shape index (κ2) is 8.61. The number of Topliss-reactive ketones (excluding diaryl/α,β-unsaturated/α-hetero) is 1. The molecule has 33 heavy (non-hydrogen) atoms. The van der Waals surface area contributed by atoms with Crippen molar-refractivity contribution in [3.05, 3.63) is 77.4 Å². The van der Waals surface area contributed by atoms with Gasteiger partial charge in [0.15, 0.2) is 5.60 Å². The predicted octanol–water partition coefficient (Wildman–Crippen LogP) is 5.12. The van der Waals surface area contributed by atoms with E-state index in [1.165, 1.54) is 6.08 Å². The number of carbonyl (C=O) groups is 1. The van der Waals surface area contributed by atoms with Crippen LogP contribution >= 0.6 is 11.6 Å². The number of halogens is 1. The van der Waals surface area contributed by atoms with Crippen molar-refractivity contribution in [2.24, 2.45) is 0 Å². The van der Waals surface area contributed by atoms with Crippen LogP contribution in [0.15, 0.2) is 55.7 Å². The summed E-state index contributed by atoms with van der Waals surface area (Å²) in [5.41, 5.74) is -1.40. The van der Waals surface area contributed by atoms with Crippen LogP contribution in [-0.2, 0) is 5.60 Å². The normalized spacial score (nSPS) is 20.1. The number of carbonyl (C=O) groups excluding carboxylic acids is 1. The molecular weight excluding hydrogens is 444 g/mol. The lowest BCUT2D eigenvalue weighted by atomic mass is 9.82. The topological polar surface area (TPSA) is 74.2 Å². The van der Waals surface area contributed by atoms with Gasteiger partial charge in [-0.1, -0.05) is 36.9 Å². The fourth-order valence-electron chi connectivity index (χ4n) is 3.84. The Morgan fingerprint density at radius 2 is 1.88 bits per heavy atom. The fourth-order valence-corrected chi connectivity index (χ4v) is 4.11. The van der Waals surface area contributed by atoms with E-state index in [9.17, 15) is 9.90 Å². The average molecular weight is 469 g/mol. The molecule has 172 valence electrons. The van der Waals surface area contributed by atoms with Crippen LogP contribution in [0.5, 0.6) is 23.0 Å². The molecule has 0 saturated heterocycles. The molecule has 0 fully saturated rings. The van der Waals surface area contributed by atoms with Crippen molar-refractivity contribution in [3.63, 3.8) is 0 Å². The van der Waals surface area contributed by atoms with Crippen LogP contribution in [0.25, 0.3) is 6.08 Å². The molecule has 0 aliphatic carbocycles. The van der Waals surface area contributed by atoms with Crippen molar-refractivity contribution >= 4 is 23.5 Å². The van der Waals surface area contributed by atoms with Crippen LogP contribution in [0.2, 0.25) is 5.02 Å². The van der Waals surface area contributed by atoms with E-state index in [1.54, 1.807) is 30.3 Å². The van der Waals surface area contributed by atoms with Crippen molar-refractivity contribution in [1.82, 2.24) is 0 Å². The number of aliphatic hydroxyl groups is 1. The summed E-state index contributed by atoms with van der Waals surface area (Å²) in [7, 11) is 0. The molecule has 0 bridgehead atoms. The van der Waals surface area contributed by atoms with Gasteiger partial charge in [0.05, 0.1) is 11.1 Å². The van der Waals surface area contributed by atoms with Crippen LogP contribution in [0.3, 0.4) is 0 Å². The Labute approximate surface area is 197 Å². The lowest BCUT2D eigenvalue weighted by Gasteiger charge is -2.36. The maximum atomic E-state index is 13.6. The van der Waals surface area contributed by atoms with E-state index >= 15 is 0 Å². The van der Waals surface area contributed by atoms with Gasteiger partial charge >= 0.3 is 0 Å². The first-order valence-electron chi connectivity index (χ1n) is 10.5. The van der Waals surface area contributed by atoms with Gasteiger partial charge in [-0.05, 0) is 50.3 Å². The molecule has 2 aliphatic rings. The summed E-state index contributed by atoms with van der Waals surface area (Å²) in [6, 6.07) is 6.44. The van der Waals surface area contributed by atoms with Gasteiger partial charge in [0, 0.05) is 5.56 Å². The Bertz CT molecular complexity index is 1170. The quantitative estimate of drug-likeness (QED) is 0.569. The van der Waals surface area contributed by atoms with Crippen molar-refractivity contribution in [2.75, 3.05) is 19.8 Å². The number of rotatable bonds is 7. The van der Waals surface area contributed by atoms with Gasteiger partial charge in [-0.15, -0.1) is 0 Å². The molecule has 0 spiro atoms. The van der Waals surface area contributed by atoms with E-state index in [1.807, 2.05) is 26.0 Å². The summed E-state index contributed by atoms with van der Waals surface area (Å²) in [6.07, 6.45) is 6.89.